The quantitative estimate of drug-likeness (QED) is 0.347. The van der Waals surface area contributed by atoms with Crippen LogP contribution >= 0.6 is 0 Å². The summed E-state index contributed by atoms with van der Waals surface area (Å²) in [5.41, 5.74) is 2.90. The Morgan fingerprint density at radius 1 is 0.692 bits per heavy atom. The average Bonchev–Trinajstić information content (AvgIpc) is 3.63. The van der Waals surface area contributed by atoms with Gasteiger partial charge in [0.05, 0.1) is 6.42 Å². The van der Waals surface area contributed by atoms with Crippen molar-refractivity contribution in [1.29, 1.82) is 0 Å². The fourth-order valence-corrected chi connectivity index (χ4v) is 4.72. The number of hydrogen-bond donors (Lipinski definition) is 1. The van der Waals surface area contributed by atoms with Crippen LogP contribution in [-0.2, 0) is 22.6 Å². The fourth-order valence-electron chi connectivity index (χ4n) is 4.72. The molecule has 2 aliphatic rings. The van der Waals surface area contributed by atoms with Crippen LogP contribution in [0.5, 0.6) is 23.0 Å². The fraction of sp³-hybridized carbons (Fsp3) is 0.161. The molecule has 8 nitrogen and oxygen atoms in total. The summed E-state index contributed by atoms with van der Waals surface area (Å²) in [6, 6.07) is 28.7. The van der Waals surface area contributed by atoms with E-state index >= 15 is 0 Å². The van der Waals surface area contributed by atoms with Crippen LogP contribution in [-0.4, -0.2) is 30.3 Å². The third-order valence-electron chi connectivity index (χ3n) is 6.63. The van der Waals surface area contributed by atoms with E-state index < -0.39 is 6.04 Å². The van der Waals surface area contributed by atoms with E-state index in [-0.39, 0.29) is 38.4 Å². The molecular weight excluding hydrogens is 496 g/mol. The number of hydrogen-bond acceptors (Lipinski definition) is 6. The lowest BCUT2D eigenvalue weighted by Gasteiger charge is -2.32. The number of anilines is 1. The van der Waals surface area contributed by atoms with Crippen LogP contribution in [0.25, 0.3) is 0 Å². The van der Waals surface area contributed by atoms with Crippen LogP contribution < -0.4 is 24.3 Å². The van der Waals surface area contributed by atoms with Gasteiger partial charge < -0.3 is 29.2 Å². The van der Waals surface area contributed by atoms with E-state index in [1.165, 1.54) is 0 Å². The van der Waals surface area contributed by atoms with Crippen molar-refractivity contribution >= 4 is 17.5 Å². The molecular formula is C31H26N2O6. The second kappa shape index (κ2) is 10.8. The lowest BCUT2D eigenvalue weighted by molar-refractivity contribution is -0.139. The van der Waals surface area contributed by atoms with Gasteiger partial charge in [-0.05, 0) is 41.0 Å². The maximum Gasteiger partial charge on any atom is 0.251 e. The van der Waals surface area contributed by atoms with Crippen molar-refractivity contribution in [2.45, 2.75) is 19.0 Å². The minimum absolute atomic E-state index is 0.105. The van der Waals surface area contributed by atoms with Crippen molar-refractivity contribution < 1.29 is 28.5 Å². The highest BCUT2D eigenvalue weighted by molar-refractivity contribution is 5.98. The third-order valence-corrected chi connectivity index (χ3v) is 6.63. The van der Waals surface area contributed by atoms with Crippen molar-refractivity contribution in [3.8, 4) is 23.0 Å². The Labute approximate surface area is 225 Å². The van der Waals surface area contributed by atoms with Crippen molar-refractivity contribution in [2.24, 2.45) is 0 Å². The Morgan fingerprint density at radius 2 is 1.28 bits per heavy atom. The highest BCUT2D eigenvalue weighted by atomic mass is 16.7. The Hall–Kier alpha value is -4.98. The molecule has 0 saturated carbocycles. The molecule has 8 heteroatoms. The van der Waals surface area contributed by atoms with E-state index in [0.29, 0.717) is 34.2 Å². The number of rotatable bonds is 8. The largest absolute Gasteiger partial charge is 0.454 e. The lowest BCUT2D eigenvalue weighted by Crippen LogP contribution is -2.41. The number of carbonyl (C=O) groups is 2. The van der Waals surface area contributed by atoms with E-state index in [9.17, 15) is 9.59 Å². The molecule has 4 aromatic rings. The van der Waals surface area contributed by atoms with Crippen LogP contribution in [0.3, 0.4) is 0 Å². The number of amides is 2. The number of nitrogens with zero attached hydrogens (tertiary/aromatic N) is 1. The Morgan fingerprint density at radius 3 is 1.97 bits per heavy atom. The maximum absolute atomic E-state index is 14.1. The molecule has 0 aliphatic carbocycles. The van der Waals surface area contributed by atoms with Crippen LogP contribution in [0.2, 0.25) is 0 Å². The average molecular weight is 523 g/mol. The van der Waals surface area contributed by atoms with Gasteiger partial charge in [-0.25, -0.2) is 0 Å². The topological polar surface area (TPSA) is 86.3 Å². The van der Waals surface area contributed by atoms with Gasteiger partial charge in [0.15, 0.2) is 23.0 Å². The van der Waals surface area contributed by atoms with Gasteiger partial charge in [-0.1, -0.05) is 66.7 Å². The molecule has 0 fully saturated rings. The first-order chi connectivity index (χ1) is 19.1. The molecule has 1 N–H and O–H groups in total. The first-order valence-electron chi connectivity index (χ1n) is 12.6. The minimum Gasteiger partial charge on any atom is -0.454 e. The van der Waals surface area contributed by atoms with Crippen molar-refractivity contribution in [2.75, 3.05) is 18.9 Å². The molecule has 196 valence electrons. The van der Waals surface area contributed by atoms with Gasteiger partial charge in [-0.3, -0.25) is 9.59 Å². The number of benzene rings is 4. The first kappa shape index (κ1) is 24.4. The molecule has 6 rings (SSSR count). The van der Waals surface area contributed by atoms with Crippen LogP contribution in [0.4, 0.5) is 5.69 Å². The second-order valence-electron chi connectivity index (χ2n) is 9.24. The SMILES string of the molecule is O=C(Nc1ccc2c(c1)OCO2)C(c1ccc2c(c1)OCO2)N(Cc1ccccc1)C(=O)Cc1ccccc1. The predicted molar refractivity (Wildman–Crippen MR) is 144 cm³/mol. The normalized spacial score (nSPS) is 13.5. The van der Waals surface area contributed by atoms with Crippen molar-refractivity contribution in [1.82, 2.24) is 4.90 Å². The van der Waals surface area contributed by atoms with Crippen LogP contribution in [0.15, 0.2) is 97.1 Å². The molecule has 0 spiro atoms. The molecule has 0 saturated heterocycles. The van der Waals surface area contributed by atoms with Crippen molar-refractivity contribution in [3.63, 3.8) is 0 Å². The monoisotopic (exact) mass is 522 g/mol. The molecule has 1 unspecified atom stereocenters. The minimum atomic E-state index is -0.957. The zero-order chi connectivity index (χ0) is 26.6. The van der Waals surface area contributed by atoms with E-state index in [2.05, 4.69) is 5.32 Å². The zero-order valence-corrected chi connectivity index (χ0v) is 21.0. The summed E-state index contributed by atoms with van der Waals surface area (Å²) in [5, 5.41) is 2.98. The molecule has 2 heterocycles. The van der Waals surface area contributed by atoms with Crippen molar-refractivity contribution in [3.05, 3.63) is 114 Å². The van der Waals surface area contributed by atoms with Crippen LogP contribution in [0, 0.1) is 0 Å². The van der Waals surface area contributed by atoms with Crippen LogP contribution in [0.1, 0.15) is 22.7 Å². The number of nitrogens with one attached hydrogen (secondary N) is 1. The van der Waals surface area contributed by atoms with Gasteiger partial charge >= 0.3 is 0 Å². The molecule has 39 heavy (non-hydrogen) atoms. The zero-order valence-electron chi connectivity index (χ0n) is 21.0. The molecule has 4 aromatic carbocycles. The van der Waals surface area contributed by atoms with Gasteiger partial charge in [0, 0.05) is 18.3 Å². The van der Waals surface area contributed by atoms with E-state index in [4.69, 9.17) is 18.9 Å². The van der Waals surface area contributed by atoms with Gasteiger partial charge in [-0.2, -0.15) is 0 Å². The van der Waals surface area contributed by atoms with E-state index in [1.807, 2.05) is 60.7 Å². The molecule has 0 aromatic heterocycles. The summed E-state index contributed by atoms with van der Waals surface area (Å²) in [6.45, 7) is 0.471. The smallest absolute Gasteiger partial charge is 0.251 e. The summed E-state index contributed by atoms with van der Waals surface area (Å²) in [5.74, 6) is 1.74. The summed E-state index contributed by atoms with van der Waals surface area (Å²) in [6.07, 6.45) is 0.145. The van der Waals surface area contributed by atoms with Gasteiger partial charge in [0.2, 0.25) is 19.5 Å². The van der Waals surface area contributed by atoms with E-state index in [0.717, 1.165) is 11.1 Å². The number of carbonyl (C=O) groups excluding carboxylic acids is 2. The Kier molecular flexibility index (Phi) is 6.74. The van der Waals surface area contributed by atoms with Gasteiger partial charge in [-0.15, -0.1) is 0 Å². The number of fused-ring (bicyclic) bond motifs is 2. The predicted octanol–water partition coefficient (Wildman–Crippen LogP) is 5.10. The first-order valence-corrected chi connectivity index (χ1v) is 12.6. The summed E-state index contributed by atoms with van der Waals surface area (Å²) >= 11 is 0. The Bertz CT molecular complexity index is 1490. The Balaban J connectivity index is 1.38. The highest BCUT2D eigenvalue weighted by Crippen LogP contribution is 2.38. The van der Waals surface area contributed by atoms with E-state index in [1.54, 1.807) is 41.3 Å². The molecule has 2 aliphatic heterocycles. The van der Waals surface area contributed by atoms with Gasteiger partial charge in [0.25, 0.3) is 5.91 Å². The molecule has 0 bridgehead atoms. The van der Waals surface area contributed by atoms with Gasteiger partial charge in [0.1, 0.15) is 6.04 Å². The standard InChI is InChI=1S/C31H26N2O6/c34-29(15-21-7-3-1-4-8-21)33(18-22-9-5-2-6-10-22)30(23-11-13-25-27(16-23)38-19-36-25)31(35)32-24-12-14-26-28(17-24)39-20-37-26/h1-14,16-17,30H,15,18-20H2,(H,32,35). The third kappa shape index (κ3) is 5.36. The molecule has 1 atom stereocenters. The second-order valence-corrected chi connectivity index (χ2v) is 9.24. The molecule has 0 radical (unpaired) electrons. The maximum atomic E-state index is 14.1. The summed E-state index contributed by atoms with van der Waals surface area (Å²) in [7, 11) is 0. The lowest BCUT2D eigenvalue weighted by atomic mass is 10.0. The summed E-state index contributed by atoms with van der Waals surface area (Å²) < 4.78 is 22.0. The summed E-state index contributed by atoms with van der Waals surface area (Å²) in [4.78, 5) is 29.6. The number of ether oxygens (including phenoxy) is 4. The molecule has 2 amide bonds. The highest BCUT2D eigenvalue weighted by Gasteiger charge is 2.33.